The Balaban J connectivity index is 2.13. The minimum absolute atomic E-state index is 0.111. The first-order chi connectivity index (χ1) is 14.5. The number of nitrogens with one attached hydrogen (secondary N) is 1. The molecule has 7 heteroatoms. The molecule has 1 N–H and O–H groups in total. The summed E-state index contributed by atoms with van der Waals surface area (Å²) >= 11 is 13.9. The zero-order valence-electron chi connectivity index (χ0n) is 18.7. The fourth-order valence-corrected chi connectivity index (χ4v) is 4.25. The monoisotopic (exact) mass is 480 g/mol. The van der Waals surface area contributed by atoms with Crippen LogP contribution in [0.4, 0.5) is 0 Å². The Morgan fingerprint density at radius 3 is 2.32 bits per heavy atom. The molecule has 4 nitrogen and oxygen atoms in total. The van der Waals surface area contributed by atoms with E-state index >= 15 is 0 Å². The van der Waals surface area contributed by atoms with E-state index < -0.39 is 11.6 Å². The molecule has 0 saturated heterocycles. The Bertz CT molecular complexity index is 911. The lowest BCUT2D eigenvalue weighted by atomic mass is 10.1. The van der Waals surface area contributed by atoms with E-state index in [0.717, 1.165) is 16.9 Å². The first-order valence-corrected chi connectivity index (χ1v) is 12.1. The molecule has 0 aliphatic rings. The number of thioether (sulfide) groups is 1. The Morgan fingerprint density at radius 2 is 1.74 bits per heavy atom. The third-order valence-electron chi connectivity index (χ3n) is 4.64. The van der Waals surface area contributed by atoms with Crippen molar-refractivity contribution in [2.24, 2.45) is 0 Å². The van der Waals surface area contributed by atoms with Gasteiger partial charge in [0.1, 0.15) is 6.04 Å². The van der Waals surface area contributed by atoms with Crippen molar-refractivity contribution in [2.75, 3.05) is 5.75 Å². The van der Waals surface area contributed by atoms with Crippen LogP contribution in [0.5, 0.6) is 0 Å². The van der Waals surface area contributed by atoms with Gasteiger partial charge in [-0.3, -0.25) is 9.59 Å². The van der Waals surface area contributed by atoms with Crippen LogP contribution in [0, 0.1) is 6.92 Å². The maximum atomic E-state index is 13.1. The molecule has 0 bridgehead atoms. The molecule has 2 aromatic rings. The zero-order valence-corrected chi connectivity index (χ0v) is 21.0. The van der Waals surface area contributed by atoms with E-state index in [0.29, 0.717) is 10.0 Å². The second-order valence-corrected chi connectivity index (χ2v) is 10.5. The molecule has 0 aliphatic carbocycles. The lowest BCUT2D eigenvalue weighted by Crippen LogP contribution is -2.52. The SMILES string of the molecule is Cc1ccc(CSCC(=O)N(Cc2ccc(Cl)cc2Cl)C(C)C(=O)NC(C)(C)C)cc1. The van der Waals surface area contributed by atoms with Crippen LogP contribution in [0.15, 0.2) is 42.5 Å². The molecule has 1 unspecified atom stereocenters. The number of carbonyl (C=O) groups is 2. The van der Waals surface area contributed by atoms with Crippen molar-refractivity contribution in [3.63, 3.8) is 0 Å². The first kappa shape index (κ1) is 25.6. The van der Waals surface area contributed by atoms with Gasteiger partial charge in [0.05, 0.1) is 5.75 Å². The summed E-state index contributed by atoms with van der Waals surface area (Å²) < 4.78 is 0. The highest BCUT2D eigenvalue weighted by molar-refractivity contribution is 7.99. The summed E-state index contributed by atoms with van der Waals surface area (Å²) in [6.45, 7) is 9.77. The summed E-state index contributed by atoms with van der Waals surface area (Å²) in [5.41, 5.74) is 2.72. The van der Waals surface area contributed by atoms with Gasteiger partial charge in [-0.15, -0.1) is 11.8 Å². The normalized spacial score (nSPS) is 12.4. The topological polar surface area (TPSA) is 49.4 Å². The third kappa shape index (κ3) is 8.40. The predicted octanol–water partition coefficient (Wildman–Crippen LogP) is 5.87. The Hall–Kier alpha value is -1.69. The fourth-order valence-electron chi connectivity index (χ4n) is 2.91. The number of nitrogens with zero attached hydrogens (tertiary/aromatic N) is 1. The summed E-state index contributed by atoms with van der Waals surface area (Å²) in [6, 6.07) is 12.8. The first-order valence-electron chi connectivity index (χ1n) is 10.1. The molecule has 0 saturated carbocycles. The highest BCUT2D eigenvalue weighted by Crippen LogP contribution is 2.24. The van der Waals surface area contributed by atoms with Gasteiger partial charge in [0, 0.05) is 27.9 Å². The maximum Gasteiger partial charge on any atom is 0.242 e. The van der Waals surface area contributed by atoms with Crippen molar-refractivity contribution in [1.82, 2.24) is 10.2 Å². The van der Waals surface area contributed by atoms with Crippen molar-refractivity contribution < 1.29 is 9.59 Å². The number of amides is 2. The number of aryl methyl sites for hydroxylation is 1. The van der Waals surface area contributed by atoms with Gasteiger partial charge in [-0.25, -0.2) is 0 Å². The molecule has 0 aliphatic heterocycles. The van der Waals surface area contributed by atoms with Crippen molar-refractivity contribution in [2.45, 2.75) is 58.5 Å². The third-order valence-corrected chi connectivity index (χ3v) is 6.21. The molecule has 0 aromatic heterocycles. The molecule has 0 radical (unpaired) electrons. The van der Waals surface area contributed by atoms with Gasteiger partial charge < -0.3 is 10.2 Å². The van der Waals surface area contributed by atoms with E-state index in [1.54, 1.807) is 30.0 Å². The quantitative estimate of drug-likeness (QED) is 0.513. The minimum atomic E-state index is -0.640. The van der Waals surface area contributed by atoms with Crippen LogP contribution >= 0.6 is 35.0 Å². The summed E-state index contributed by atoms with van der Waals surface area (Å²) in [7, 11) is 0. The van der Waals surface area contributed by atoms with Crippen molar-refractivity contribution in [3.8, 4) is 0 Å². The molecular weight excluding hydrogens is 451 g/mol. The number of rotatable bonds is 8. The van der Waals surface area contributed by atoms with Gasteiger partial charge in [-0.05, 0) is 57.9 Å². The smallest absolute Gasteiger partial charge is 0.242 e. The number of carbonyl (C=O) groups excluding carboxylic acids is 2. The largest absolute Gasteiger partial charge is 0.350 e. The molecule has 2 aromatic carbocycles. The van der Waals surface area contributed by atoms with E-state index in [9.17, 15) is 9.59 Å². The van der Waals surface area contributed by atoms with Crippen LogP contribution in [0.25, 0.3) is 0 Å². The lowest BCUT2D eigenvalue weighted by Gasteiger charge is -2.31. The van der Waals surface area contributed by atoms with E-state index in [1.807, 2.05) is 27.7 Å². The summed E-state index contributed by atoms with van der Waals surface area (Å²) in [5.74, 6) is 0.685. The van der Waals surface area contributed by atoms with Gasteiger partial charge in [0.2, 0.25) is 11.8 Å². The van der Waals surface area contributed by atoms with Gasteiger partial charge in [-0.2, -0.15) is 0 Å². The molecule has 31 heavy (non-hydrogen) atoms. The predicted molar refractivity (Wildman–Crippen MR) is 132 cm³/mol. The van der Waals surface area contributed by atoms with Crippen LogP contribution < -0.4 is 5.32 Å². The van der Waals surface area contributed by atoms with Crippen molar-refractivity contribution >= 4 is 46.8 Å². The second kappa shape index (κ2) is 11.3. The summed E-state index contributed by atoms with van der Waals surface area (Å²) in [4.78, 5) is 27.5. The molecular formula is C24H30Cl2N2O2S. The van der Waals surface area contributed by atoms with Gasteiger partial charge in [-0.1, -0.05) is 59.1 Å². The van der Waals surface area contributed by atoms with Crippen LogP contribution in [0.3, 0.4) is 0 Å². The number of hydrogen-bond acceptors (Lipinski definition) is 3. The van der Waals surface area contributed by atoms with E-state index in [-0.39, 0.29) is 24.1 Å². The number of hydrogen-bond donors (Lipinski definition) is 1. The Labute approximate surface area is 199 Å². The fraction of sp³-hybridized carbons (Fsp3) is 0.417. The van der Waals surface area contributed by atoms with Gasteiger partial charge in [0.15, 0.2) is 0 Å². The zero-order chi connectivity index (χ0) is 23.2. The van der Waals surface area contributed by atoms with Crippen molar-refractivity contribution in [3.05, 3.63) is 69.2 Å². The Morgan fingerprint density at radius 1 is 1.10 bits per heavy atom. The van der Waals surface area contributed by atoms with Gasteiger partial charge >= 0.3 is 0 Å². The van der Waals surface area contributed by atoms with E-state index in [2.05, 4.69) is 29.6 Å². The average Bonchev–Trinajstić information content (AvgIpc) is 2.67. The highest BCUT2D eigenvalue weighted by atomic mass is 35.5. The number of benzene rings is 2. The van der Waals surface area contributed by atoms with E-state index in [4.69, 9.17) is 23.2 Å². The van der Waals surface area contributed by atoms with Crippen LogP contribution in [0.1, 0.15) is 44.4 Å². The molecule has 0 fully saturated rings. The van der Waals surface area contributed by atoms with Crippen LogP contribution in [0.2, 0.25) is 10.0 Å². The van der Waals surface area contributed by atoms with Crippen LogP contribution in [-0.4, -0.2) is 34.0 Å². The van der Waals surface area contributed by atoms with Gasteiger partial charge in [0.25, 0.3) is 0 Å². The summed E-state index contributed by atoms with van der Waals surface area (Å²) in [6.07, 6.45) is 0. The Kier molecular flexibility index (Phi) is 9.28. The molecule has 2 amide bonds. The lowest BCUT2D eigenvalue weighted by molar-refractivity contribution is -0.139. The molecule has 2 rings (SSSR count). The minimum Gasteiger partial charge on any atom is -0.350 e. The number of halogens is 2. The molecule has 1 atom stereocenters. The van der Waals surface area contributed by atoms with E-state index in [1.165, 1.54) is 17.3 Å². The highest BCUT2D eigenvalue weighted by Gasteiger charge is 2.28. The van der Waals surface area contributed by atoms with Crippen molar-refractivity contribution in [1.29, 1.82) is 0 Å². The molecule has 168 valence electrons. The molecule has 0 heterocycles. The molecule has 0 spiro atoms. The standard InChI is InChI=1S/C24H30Cl2N2O2S/c1-16-6-8-18(9-7-16)14-31-15-22(29)28(17(2)23(30)27-24(3,4)5)13-19-10-11-20(25)12-21(19)26/h6-12,17H,13-15H2,1-5H3,(H,27,30). The summed E-state index contributed by atoms with van der Waals surface area (Å²) in [5, 5.41) is 3.96. The average molecular weight is 481 g/mol. The second-order valence-electron chi connectivity index (χ2n) is 8.65. The maximum absolute atomic E-state index is 13.1. The van der Waals surface area contributed by atoms with Crippen LogP contribution in [-0.2, 0) is 21.9 Å².